The van der Waals surface area contributed by atoms with Gasteiger partial charge in [-0.05, 0) is 51.2 Å². The quantitative estimate of drug-likeness (QED) is 0.834. The van der Waals surface area contributed by atoms with Crippen molar-refractivity contribution in [2.75, 3.05) is 18.8 Å². The number of halogens is 1. The minimum atomic E-state index is -3.14. The number of piperidine rings is 1. The first-order valence-electron chi connectivity index (χ1n) is 8.33. The Labute approximate surface area is 144 Å². The lowest BCUT2D eigenvalue weighted by Crippen LogP contribution is -2.42. The van der Waals surface area contributed by atoms with Crippen molar-refractivity contribution < 1.29 is 17.6 Å². The molecule has 1 amide bonds. The third-order valence-corrected chi connectivity index (χ3v) is 7.43. The number of nitrogens with zero attached hydrogens (tertiary/aromatic N) is 1. The van der Waals surface area contributed by atoms with Crippen molar-refractivity contribution in [3.05, 3.63) is 35.6 Å². The number of benzene rings is 1. The molecule has 1 aliphatic rings. The van der Waals surface area contributed by atoms with Crippen molar-refractivity contribution in [1.29, 1.82) is 0 Å². The summed E-state index contributed by atoms with van der Waals surface area (Å²) in [5, 5.41) is 0. The van der Waals surface area contributed by atoms with Crippen LogP contribution in [0.25, 0.3) is 0 Å². The highest BCUT2D eigenvalue weighted by Gasteiger charge is 2.33. The molecule has 1 aromatic carbocycles. The van der Waals surface area contributed by atoms with Crippen molar-refractivity contribution in [2.24, 2.45) is 5.92 Å². The Morgan fingerprint density at radius 3 is 2.33 bits per heavy atom. The van der Waals surface area contributed by atoms with Gasteiger partial charge in [0.25, 0.3) is 0 Å². The second kappa shape index (κ2) is 7.21. The van der Waals surface area contributed by atoms with Crippen LogP contribution in [-0.2, 0) is 21.1 Å². The molecule has 4 nitrogen and oxygen atoms in total. The van der Waals surface area contributed by atoms with E-state index in [1.54, 1.807) is 43.9 Å². The molecule has 0 aromatic heterocycles. The van der Waals surface area contributed by atoms with Crippen molar-refractivity contribution >= 4 is 15.7 Å². The monoisotopic (exact) mass is 355 g/mol. The van der Waals surface area contributed by atoms with Gasteiger partial charge in [-0.3, -0.25) is 4.79 Å². The third-order valence-electron chi connectivity index (χ3n) is 4.65. The number of hydrogen-bond donors (Lipinski definition) is 0. The van der Waals surface area contributed by atoms with Crippen LogP contribution in [0, 0.1) is 11.7 Å². The molecule has 0 radical (unpaired) electrons. The van der Waals surface area contributed by atoms with Crippen LogP contribution in [0.15, 0.2) is 24.3 Å². The van der Waals surface area contributed by atoms with Crippen LogP contribution in [0.2, 0.25) is 0 Å². The predicted octanol–water partition coefficient (Wildman–Crippen LogP) is 2.82. The Kier molecular flexibility index (Phi) is 5.68. The number of carbonyl (C=O) groups is 1. The number of hydrogen-bond acceptors (Lipinski definition) is 3. The average Bonchev–Trinajstić information content (AvgIpc) is 2.48. The summed E-state index contributed by atoms with van der Waals surface area (Å²) in [5.41, 5.74) is 0.403. The molecule has 0 atom stereocenters. The number of amides is 1. The van der Waals surface area contributed by atoms with Gasteiger partial charge < -0.3 is 4.90 Å². The van der Waals surface area contributed by atoms with Gasteiger partial charge in [-0.15, -0.1) is 0 Å². The normalized spacial score (nSPS) is 17.1. The summed E-state index contributed by atoms with van der Waals surface area (Å²) in [5.74, 6) is -0.202. The van der Waals surface area contributed by atoms with Gasteiger partial charge in [0.2, 0.25) is 5.91 Å². The van der Waals surface area contributed by atoms with Gasteiger partial charge in [0.1, 0.15) is 5.82 Å². The van der Waals surface area contributed by atoms with Gasteiger partial charge >= 0.3 is 0 Å². The topological polar surface area (TPSA) is 54.5 Å². The maximum atomic E-state index is 13.6. The molecule has 1 aliphatic heterocycles. The van der Waals surface area contributed by atoms with E-state index in [1.165, 1.54) is 6.07 Å². The minimum Gasteiger partial charge on any atom is -0.342 e. The van der Waals surface area contributed by atoms with E-state index in [0.717, 1.165) is 0 Å². The molecule has 0 bridgehead atoms. The zero-order valence-electron chi connectivity index (χ0n) is 14.6. The Morgan fingerprint density at radius 2 is 1.79 bits per heavy atom. The number of rotatable bonds is 4. The van der Waals surface area contributed by atoms with E-state index in [1.807, 2.05) is 0 Å². The zero-order valence-corrected chi connectivity index (χ0v) is 15.4. The molecule has 1 saturated heterocycles. The van der Waals surface area contributed by atoms with Crippen LogP contribution in [0.4, 0.5) is 4.39 Å². The van der Waals surface area contributed by atoms with E-state index in [4.69, 9.17) is 0 Å². The molecular weight excluding hydrogens is 329 g/mol. The first-order chi connectivity index (χ1) is 11.1. The highest BCUT2D eigenvalue weighted by atomic mass is 32.2. The second-order valence-electron chi connectivity index (χ2n) is 7.49. The molecule has 134 valence electrons. The van der Waals surface area contributed by atoms with Crippen molar-refractivity contribution in [1.82, 2.24) is 4.90 Å². The van der Waals surface area contributed by atoms with Gasteiger partial charge in [0.05, 0.1) is 16.9 Å². The smallest absolute Gasteiger partial charge is 0.227 e. The molecule has 1 aromatic rings. The molecule has 2 rings (SSSR count). The highest BCUT2D eigenvalue weighted by molar-refractivity contribution is 7.92. The Hall–Kier alpha value is -1.43. The van der Waals surface area contributed by atoms with Crippen molar-refractivity contribution in [2.45, 2.75) is 44.8 Å². The minimum absolute atomic E-state index is 0.0532. The van der Waals surface area contributed by atoms with Crippen molar-refractivity contribution in [3.8, 4) is 0 Å². The molecule has 1 fully saturated rings. The number of sulfone groups is 1. The molecule has 0 aliphatic carbocycles. The summed E-state index contributed by atoms with van der Waals surface area (Å²) in [6.07, 6.45) is 1.41. The first kappa shape index (κ1) is 18.9. The molecular formula is C18H26FNO3S. The summed E-state index contributed by atoms with van der Waals surface area (Å²) in [6.45, 7) is 6.23. The van der Waals surface area contributed by atoms with Gasteiger partial charge in [0.15, 0.2) is 9.84 Å². The van der Waals surface area contributed by atoms with E-state index >= 15 is 0 Å². The Bertz CT molecular complexity index is 686. The summed E-state index contributed by atoms with van der Waals surface area (Å²) >= 11 is 0. The highest BCUT2D eigenvalue weighted by Crippen LogP contribution is 2.25. The van der Waals surface area contributed by atoms with Gasteiger partial charge in [0, 0.05) is 13.1 Å². The fourth-order valence-corrected chi connectivity index (χ4v) is 4.28. The summed E-state index contributed by atoms with van der Waals surface area (Å²) < 4.78 is 37.5. The van der Waals surface area contributed by atoms with Crippen molar-refractivity contribution in [3.63, 3.8) is 0 Å². The summed E-state index contributed by atoms with van der Waals surface area (Å²) in [4.78, 5) is 14.0. The fraction of sp³-hybridized carbons (Fsp3) is 0.611. The van der Waals surface area contributed by atoms with Crippen LogP contribution in [0.1, 0.15) is 39.2 Å². The lowest BCUT2D eigenvalue weighted by Gasteiger charge is -2.33. The third kappa shape index (κ3) is 4.56. The molecule has 6 heteroatoms. The molecule has 24 heavy (non-hydrogen) atoms. The van der Waals surface area contributed by atoms with Crippen LogP contribution in [-0.4, -0.2) is 42.8 Å². The second-order valence-corrected chi connectivity index (χ2v) is 10.3. The largest absolute Gasteiger partial charge is 0.342 e. The summed E-state index contributed by atoms with van der Waals surface area (Å²) in [6, 6.07) is 6.29. The van der Waals surface area contributed by atoms with E-state index in [2.05, 4.69) is 0 Å². The summed E-state index contributed by atoms with van der Waals surface area (Å²) in [7, 11) is -3.14. The molecule has 0 spiro atoms. The lowest BCUT2D eigenvalue weighted by molar-refractivity contribution is -0.131. The van der Waals surface area contributed by atoms with E-state index in [-0.39, 0.29) is 29.8 Å². The van der Waals surface area contributed by atoms with Crippen LogP contribution < -0.4 is 0 Å². The van der Waals surface area contributed by atoms with Gasteiger partial charge in [-0.25, -0.2) is 12.8 Å². The van der Waals surface area contributed by atoms with E-state index in [0.29, 0.717) is 31.5 Å². The molecule has 0 unspecified atom stereocenters. The predicted molar refractivity (Wildman–Crippen MR) is 92.9 cm³/mol. The van der Waals surface area contributed by atoms with Crippen LogP contribution in [0.3, 0.4) is 0 Å². The Balaban J connectivity index is 1.89. The standard InChI is InChI=1S/C18H26FNO3S/c1-18(2,3)24(22,23)13-14-8-10-20(11-9-14)17(21)12-15-6-4-5-7-16(15)19/h4-7,14H,8-13H2,1-3H3. The maximum Gasteiger partial charge on any atom is 0.227 e. The van der Waals surface area contributed by atoms with E-state index in [9.17, 15) is 17.6 Å². The number of carbonyl (C=O) groups excluding carboxylic acids is 1. The van der Waals surface area contributed by atoms with Crippen LogP contribution in [0.5, 0.6) is 0 Å². The Morgan fingerprint density at radius 1 is 1.21 bits per heavy atom. The SMILES string of the molecule is CC(C)(C)S(=O)(=O)CC1CCN(C(=O)Cc2ccccc2F)CC1. The van der Waals surface area contributed by atoms with Gasteiger partial charge in [-0.1, -0.05) is 18.2 Å². The van der Waals surface area contributed by atoms with Gasteiger partial charge in [-0.2, -0.15) is 0 Å². The maximum absolute atomic E-state index is 13.6. The molecule has 0 saturated carbocycles. The van der Waals surface area contributed by atoms with E-state index < -0.39 is 14.6 Å². The first-order valence-corrected chi connectivity index (χ1v) is 9.99. The number of likely N-dealkylation sites (tertiary alicyclic amines) is 1. The van der Waals surface area contributed by atoms with Crippen LogP contribution >= 0.6 is 0 Å². The zero-order chi connectivity index (χ0) is 18.0. The molecule has 0 N–H and O–H groups in total. The average molecular weight is 355 g/mol. The lowest BCUT2D eigenvalue weighted by atomic mass is 9.98. The molecule has 1 heterocycles. The fourth-order valence-electron chi connectivity index (χ4n) is 2.83.